The molecule has 0 saturated heterocycles. The number of hydrogen-bond donors (Lipinski definition) is 3. The van der Waals surface area contributed by atoms with E-state index in [0.717, 1.165) is 44.9 Å². The van der Waals surface area contributed by atoms with Gasteiger partial charge in [0.1, 0.15) is 0 Å². The van der Waals surface area contributed by atoms with Gasteiger partial charge in [0, 0.05) is 6.04 Å². The van der Waals surface area contributed by atoms with Gasteiger partial charge in [-0.1, -0.05) is 34.1 Å². The van der Waals surface area contributed by atoms with E-state index in [4.69, 9.17) is 4.74 Å². The molecule has 0 heterocycles. The van der Waals surface area contributed by atoms with Crippen molar-refractivity contribution in [2.75, 3.05) is 6.61 Å². The zero-order chi connectivity index (χ0) is 25.0. The Kier molecular flexibility index (Phi) is 7.24. The number of nitrogens with one attached hydrogen (secondary N) is 1. The minimum absolute atomic E-state index is 0.186. The van der Waals surface area contributed by atoms with Crippen LogP contribution in [0.3, 0.4) is 0 Å². The fourth-order valence-electron chi connectivity index (χ4n) is 10.2. The Bertz CT molecular complexity index is 769. The summed E-state index contributed by atoms with van der Waals surface area (Å²) in [6.45, 7) is 10.2. The first-order valence-electron chi connectivity index (χ1n) is 15.0. The van der Waals surface area contributed by atoms with E-state index in [9.17, 15) is 15.0 Å². The predicted molar refractivity (Wildman–Crippen MR) is 138 cm³/mol. The first-order chi connectivity index (χ1) is 16.7. The molecule has 3 N–H and O–H groups in total. The molecule has 0 aliphatic heterocycles. The number of aliphatic hydroxyl groups is 2. The number of aliphatic hydroxyl groups excluding tert-OH is 2. The second-order valence-corrected chi connectivity index (χ2v) is 13.8. The van der Waals surface area contributed by atoms with Gasteiger partial charge in [0.15, 0.2) is 0 Å². The molecular formula is C30H51NO4. The van der Waals surface area contributed by atoms with E-state index in [1.807, 2.05) is 0 Å². The summed E-state index contributed by atoms with van der Waals surface area (Å²) in [5, 5.41) is 25.3. The number of fused-ring (bicyclic) bond motifs is 5. The Morgan fingerprint density at radius 1 is 1.00 bits per heavy atom. The molecule has 0 radical (unpaired) electrons. The Hall–Kier alpha value is -0.810. The van der Waals surface area contributed by atoms with Gasteiger partial charge in [0.2, 0.25) is 0 Å². The van der Waals surface area contributed by atoms with Gasteiger partial charge in [-0.3, -0.25) is 0 Å². The highest BCUT2D eigenvalue weighted by molar-refractivity contribution is 5.67. The average Bonchev–Trinajstić information content (AvgIpc) is 3.15. The van der Waals surface area contributed by atoms with Gasteiger partial charge < -0.3 is 20.3 Å². The van der Waals surface area contributed by atoms with Crippen LogP contribution >= 0.6 is 0 Å². The summed E-state index contributed by atoms with van der Waals surface area (Å²) >= 11 is 0. The van der Waals surface area contributed by atoms with Crippen molar-refractivity contribution < 1.29 is 19.7 Å². The summed E-state index contributed by atoms with van der Waals surface area (Å²) < 4.78 is 5.55. The maximum absolute atomic E-state index is 12.1. The zero-order valence-corrected chi connectivity index (χ0v) is 22.7. The number of carbonyl (C=O) groups excluding carboxylic acids is 1. The van der Waals surface area contributed by atoms with Crippen molar-refractivity contribution in [1.29, 1.82) is 0 Å². The first-order valence-corrected chi connectivity index (χ1v) is 15.0. The van der Waals surface area contributed by atoms with Crippen LogP contribution in [-0.4, -0.2) is 41.2 Å². The van der Waals surface area contributed by atoms with E-state index in [0.29, 0.717) is 54.1 Å². The predicted octanol–water partition coefficient (Wildman–Crippen LogP) is 5.92. The highest BCUT2D eigenvalue weighted by atomic mass is 16.5. The van der Waals surface area contributed by atoms with Crippen LogP contribution in [-0.2, 0) is 4.74 Å². The third-order valence-electron chi connectivity index (χ3n) is 12.4. The summed E-state index contributed by atoms with van der Waals surface area (Å²) in [7, 11) is 0. The fraction of sp³-hybridized carbons (Fsp3) is 0.967. The van der Waals surface area contributed by atoms with Crippen molar-refractivity contribution in [1.82, 2.24) is 5.32 Å². The van der Waals surface area contributed by atoms with Crippen molar-refractivity contribution in [3.05, 3.63) is 0 Å². The van der Waals surface area contributed by atoms with E-state index in [1.54, 1.807) is 0 Å². The van der Waals surface area contributed by atoms with Gasteiger partial charge in [0.25, 0.3) is 0 Å². The summed E-state index contributed by atoms with van der Waals surface area (Å²) in [5.74, 6) is 3.51. The number of carbonyl (C=O) groups is 1. The number of amides is 1. The lowest BCUT2D eigenvalue weighted by atomic mass is 9.41. The monoisotopic (exact) mass is 489 g/mol. The molecule has 5 heteroatoms. The molecule has 0 bridgehead atoms. The van der Waals surface area contributed by atoms with Crippen LogP contribution in [0.25, 0.3) is 0 Å². The van der Waals surface area contributed by atoms with Gasteiger partial charge in [-0.05, 0) is 123 Å². The third-order valence-corrected chi connectivity index (χ3v) is 12.4. The Labute approximate surface area is 213 Å². The van der Waals surface area contributed by atoms with Crippen molar-refractivity contribution in [2.45, 2.75) is 123 Å². The molecule has 5 aliphatic carbocycles. The lowest BCUT2D eigenvalue weighted by Gasteiger charge is -2.64. The largest absolute Gasteiger partial charge is 0.450 e. The molecule has 0 unspecified atom stereocenters. The molecule has 0 aromatic heterocycles. The molecule has 11 atom stereocenters. The first kappa shape index (κ1) is 25.8. The second kappa shape index (κ2) is 9.82. The molecule has 5 aliphatic rings. The third kappa shape index (κ3) is 4.35. The number of hydrogen-bond acceptors (Lipinski definition) is 4. The minimum atomic E-state index is -0.241. The van der Waals surface area contributed by atoms with Crippen LogP contribution in [0.2, 0.25) is 0 Å². The molecule has 1 amide bonds. The van der Waals surface area contributed by atoms with Gasteiger partial charge in [-0.2, -0.15) is 0 Å². The quantitative estimate of drug-likeness (QED) is 0.433. The lowest BCUT2D eigenvalue weighted by Crippen LogP contribution is -2.62. The zero-order valence-electron chi connectivity index (χ0n) is 22.7. The van der Waals surface area contributed by atoms with Gasteiger partial charge in [-0.25, -0.2) is 4.79 Å². The second-order valence-electron chi connectivity index (χ2n) is 13.8. The summed E-state index contributed by atoms with van der Waals surface area (Å²) in [6, 6.07) is 0.326. The van der Waals surface area contributed by atoms with E-state index in [2.05, 4.69) is 33.0 Å². The lowest BCUT2D eigenvalue weighted by molar-refractivity contribution is -0.203. The number of rotatable bonds is 6. The minimum Gasteiger partial charge on any atom is -0.450 e. The standard InChI is InChI=1S/C30H51NO4/c1-5-21-25-17-20(32)11-14-30(25,4)24-12-15-29(3)22(9-10-23(29)26(24)27(21)33)18(2)13-16-35-28(34)31-19-7-6-8-19/h18-27,32-33H,5-17H2,1-4H3,(H,31,34)/t18-,20-,21-,22-,23+,24+,25+,26+,27-,29-,30-/m1/s1. The van der Waals surface area contributed by atoms with E-state index in [1.165, 1.54) is 32.1 Å². The van der Waals surface area contributed by atoms with Crippen LogP contribution in [0.4, 0.5) is 4.79 Å². The van der Waals surface area contributed by atoms with Crippen LogP contribution in [0, 0.1) is 52.3 Å². The van der Waals surface area contributed by atoms with Crippen molar-refractivity contribution >= 4 is 6.09 Å². The molecule has 5 saturated carbocycles. The SMILES string of the molecule is CC[C@H]1[C@@H](O)[C@@H]2[C@H](CC[C@]3(C)[C@@H]([C@H](C)CCOC(=O)NC4CCC4)CC[C@@H]23)[C@@]2(C)CC[C@@H](O)C[C@@H]12. The van der Waals surface area contributed by atoms with Crippen LogP contribution < -0.4 is 5.32 Å². The Balaban J connectivity index is 1.26. The smallest absolute Gasteiger partial charge is 0.407 e. The van der Waals surface area contributed by atoms with Crippen LogP contribution in [0.1, 0.15) is 105 Å². The summed E-state index contributed by atoms with van der Waals surface area (Å²) in [6.07, 6.45) is 12.5. The Morgan fingerprint density at radius 3 is 2.40 bits per heavy atom. The molecule has 5 rings (SSSR count). The molecule has 0 aromatic rings. The molecule has 35 heavy (non-hydrogen) atoms. The highest BCUT2D eigenvalue weighted by Crippen LogP contribution is 2.69. The van der Waals surface area contributed by atoms with Gasteiger partial charge in [0.05, 0.1) is 18.8 Å². The molecule has 200 valence electrons. The molecule has 5 nitrogen and oxygen atoms in total. The summed E-state index contributed by atoms with van der Waals surface area (Å²) in [4.78, 5) is 12.1. The number of ether oxygens (including phenoxy) is 1. The van der Waals surface area contributed by atoms with E-state index < -0.39 is 0 Å². The fourth-order valence-corrected chi connectivity index (χ4v) is 10.2. The van der Waals surface area contributed by atoms with E-state index in [-0.39, 0.29) is 29.1 Å². The highest BCUT2D eigenvalue weighted by Gasteiger charge is 2.64. The molecule has 0 aromatic carbocycles. The Morgan fingerprint density at radius 2 is 1.71 bits per heavy atom. The normalized spacial score (nSPS) is 48.2. The van der Waals surface area contributed by atoms with Crippen molar-refractivity contribution in [2.24, 2.45) is 52.3 Å². The topological polar surface area (TPSA) is 78.8 Å². The molecule has 5 fully saturated rings. The number of alkyl carbamates (subject to hydrolysis) is 1. The van der Waals surface area contributed by atoms with Gasteiger partial charge >= 0.3 is 6.09 Å². The molecule has 0 spiro atoms. The van der Waals surface area contributed by atoms with Crippen LogP contribution in [0.5, 0.6) is 0 Å². The maximum atomic E-state index is 12.1. The maximum Gasteiger partial charge on any atom is 0.407 e. The van der Waals surface area contributed by atoms with Crippen molar-refractivity contribution in [3.63, 3.8) is 0 Å². The van der Waals surface area contributed by atoms with Crippen LogP contribution in [0.15, 0.2) is 0 Å². The molecular weight excluding hydrogens is 438 g/mol. The van der Waals surface area contributed by atoms with E-state index >= 15 is 0 Å². The summed E-state index contributed by atoms with van der Waals surface area (Å²) in [5.41, 5.74) is 0.530. The van der Waals surface area contributed by atoms with Crippen molar-refractivity contribution in [3.8, 4) is 0 Å². The van der Waals surface area contributed by atoms with Gasteiger partial charge in [-0.15, -0.1) is 0 Å². The average molecular weight is 490 g/mol.